The van der Waals surface area contributed by atoms with E-state index >= 15 is 0 Å². The van der Waals surface area contributed by atoms with E-state index in [9.17, 15) is 40.2 Å². The van der Waals surface area contributed by atoms with E-state index in [2.05, 4.69) is 10.3 Å². The number of carbonyl (C=O) groups excluding carboxylic acids is 2. The number of aromatic hydroxyl groups is 1. The molecule has 2 aromatic rings. The predicted molar refractivity (Wildman–Crippen MR) is 137 cm³/mol. The smallest absolute Gasteiger partial charge is 0.229 e. The highest BCUT2D eigenvalue weighted by atomic mass is 16.7. The number of ether oxygens (including phenoxy) is 3. The lowest BCUT2D eigenvalue weighted by atomic mass is 9.79. The number of ketones is 2. The van der Waals surface area contributed by atoms with Crippen LogP contribution >= 0.6 is 0 Å². The molecule has 1 saturated heterocycles. The lowest BCUT2D eigenvalue weighted by molar-refractivity contribution is -0.277. The van der Waals surface area contributed by atoms with Crippen molar-refractivity contribution in [1.29, 1.82) is 0 Å². The van der Waals surface area contributed by atoms with Crippen LogP contribution in [0.2, 0.25) is 0 Å². The summed E-state index contributed by atoms with van der Waals surface area (Å²) in [6.07, 6.45) is -8.26. The number of guanidine groups is 1. The molecule has 0 unspecified atom stereocenters. The minimum absolute atomic E-state index is 0.0127. The molecule has 5 atom stereocenters. The van der Waals surface area contributed by atoms with Crippen LogP contribution in [-0.2, 0) is 17.9 Å². The fourth-order valence-corrected chi connectivity index (χ4v) is 4.86. The predicted octanol–water partition coefficient (Wildman–Crippen LogP) is -1.81. The number of methoxy groups -OCH3 is 1. The summed E-state index contributed by atoms with van der Waals surface area (Å²) in [5.74, 6) is -2.30. The fraction of sp³-hybridized carbons (Fsp3) is 0.423. The van der Waals surface area contributed by atoms with Gasteiger partial charge < -0.3 is 55.9 Å². The molecule has 0 spiro atoms. The third kappa shape index (κ3) is 4.74. The molecule has 2 aliphatic rings. The molecule has 0 bridgehead atoms. The number of aliphatic imine (C=N–C) groups is 1. The van der Waals surface area contributed by atoms with Crippen molar-refractivity contribution >= 4 is 17.5 Å². The van der Waals surface area contributed by atoms with Gasteiger partial charge in [-0.3, -0.25) is 14.6 Å². The van der Waals surface area contributed by atoms with Gasteiger partial charge in [-0.1, -0.05) is 0 Å². The largest absolute Gasteiger partial charge is 0.507 e. The van der Waals surface area contributed by atoms with Crippen LogP contribution < -0.4 is 20.5 Å². The maximum absolute atomic E-state index is 14.0. The van der Waals surface area contributed by atoms with Crippen LogP contribution in [0.1, 0.15) is 48.5 Å². The van der Waals surface area contributed by atoms with Crippen molar-refractivity contribution in [1.82, 2.24) is 5.32 Å². The van der Waals surface area contributed by atoms with Gasteiger partial charge in [0.25, 0.3) is 0 Å². The Morgan fingerprint density at radius 2 is 1.73 bits per heavy atom. The Morgan fingerprint density at radius 3 is 2.33 bits per heavy atom. The molecule has 0 saturated carbocycles. The summed E-state index contributed by atoms with van der Waals surface area (Å²) < 4.78 is 16.5. The summed E-state index contributed by atoms with van der Waals surface area (Å²) in [5.41, 5.74) is 5.40. The van der Waals surface area contributed by atoms with Crippen LogP contribution in [0.3, 0.4) is 0 Å². The van der Waals surface area contributed by atoms with E-state index in [1.807, 2.05) is 0 Å². The van der Waals surface area contributed by atoms with Crippen molar-refractivity contribution in [3.8, 4) is 17.2 Å². The van der Waals surface area contributed by atoms with E-state index in [4.69, 9.17) is 19.9 Å². The minimum atomic E-state index is -1.82. The minimum Gasteiger partial charge on any atom is -0.507 e. The van der Waals surface area contributed by atoms with Gasteiger partial charge in [-0.05, 0) is 18.6 Å². The molecular formula is C26H31N3O11. The number of nitrogens with two attached hydrogens (primary N) is 1. The van der Waals surface area contributed by atoms with Crippen LogP contribution in [0.25, 0.3) is 0 Å². The Bertz CT molecular complexity index is 1370. The van der Waals surface area contributed by atoms with E-state index < -0.39 is 61.2 Å². The first-order chi connectivity index (χ1) is 19.0. The second-order valence-electron chi connectivity index (χ2n) is 9.34. The van der Waals surface area contributed by atoms with Gasteiger partial charge in [0.15, 0.2) is 11.7 Å². The summed E-state index contributed by atoms with van der Waals surface area (Å²) in [5, 5.41) is 64.4. The topological polar surface area (TPSA) is 234 Å². The number of nitrogens with zero attached hydrogens (tertiary/aromatic N) is 1. The van der Waals surface area contributed by atoms with Gasteiger partial charge in [0.2, 0.25) is 12.1 Å². The van der Waals surface area contributed by atoms with Crippen molar-refractivity contribution in [3.63, 3.8) is 0 Å². The molecule has 14 heteroatoms. The maximum atomic E-state index is 14.0. The second kappa shape index (κ2) is 11.4. The number of carbonyl (C=O) groups is 2. The van der Waals surface area contributed by atoms with Crippen molar-refractivity contribution < 1.29 is 54.4 Å². The Hall–Kier alpha value is -3.79. The molecule has 9 N–H and O–H groups in total. The SMILES string of the molecule is CN=C(N)NCc1c(C)cc2c(c1O)C(=O)c1c(O[C@@H]3O[C@H](CO)[C@@H](O)[C@H](O)[C@H]3O)cc(OC)c(CO)c1C2=O. The van der Waals surface area contributed by atoms with Gasteiger partial charge in [0, 0.05) is 41.9 Å². The first-order valence-electron chi connectivity index (χ1n) is 12.2. The van der Waals surface area contributed by atoms with Gasteiger partial charge >= 0.3 is 0 Å². The number of phenols is 1. The number of phenolic OH excluding ortho intramolecular Hbond substituents is 1. The van der Waals surface area contributed by atoms with E-state index in [0.717, 1.165) is 0 Å². The standard InChI is InChI=1S/C26H31N3O11/c1-9-4-10-17(20(33)11(9)6-29-26(27)28-2)22(35)18-14(5-13(38-3)12(7-30)16(18)19(10)32)39-25-24(37)23(36)21(34)15(8-31)40-25/h4-5,15,21,23-25,30-31,33-34,36-37H,6-8H2,1-3H3,(H3,27,28,29)/t15-,21-,23+,24-,25-/m1/s1. The summed E-state index contributed by atoms with van der Waals surface area (Å²) in [6, 6.07) is 2.63. The molecule has 1 fully saturated rings. The number of aliphatic hydroxyl groups excluding tert-OH is 5. The number of hydrogen-bond acceptors (Lipinski definition) is 12. The normalized spacial score (nSPS) is 24.4. The number of rotatable bonds is 7. The van der Waals surface area contributed by atoms with Crippen molar-refractivity contribution in [2.24, 2.45) is 10.7 Å². The quantitative estimate of drug-likeness (QED) is 0.117. The van der Waals surface area contributed by atoms with Gasteiger partial charge in [-0.25, -0.2) is 0 Å². The first-order valence-corrected chi connectivity index (χ1v) is 12.2. The van der Waals surface area contributed by atoms with Crippen LogP contribution in [0.5, 0.6) is 17.2 Å². The molecule has 1 aliphatic heterocycles. The summed E-state index contributed by atoms with van der Waals surface area (Å²) in [6.45, 7) is 0.206. The molecule has 4 rings (SSSR count). The molecule has 1 aliphatic carbocycles. The fourth-order valence-electron chi connectivity index (χ4n) is 4.86. The lowest BCUT2D eigenvalue weighted by Crippen LogP contribution is -2.60. The number of aliphatic hydroxyl groups is 5. The van der Waals surface area contributed by atoms with Crippen LogP contribution in [0.15, 0.2) is 17.1 Å². The van der Waals surface area contributed by atoms with E-state index in [-0.39, 0.29) is 57.4 Å². The molecule has 0 radical (unpaired) electrons. The van der Waals surface area contributed by atoms with Gasteiger partial charge in [0.1, 0.15) is 41.7 Å². The summed E-state index contributed by atoms with van der Waals surface area (Å²) in [7, 11) is 2.73. The van der Waals surface area contributed by atoms with E-state index in [1.165, 1.54) is 26.3 Å². The average molecular weight is 562 g/mol. The third-order valence-corrected chi connectivity index (χ3v) is 7.07. The number of aryl methyl sites for hydroxylation is 1. The highest BCUT2D eigenvalue weighted by Gasteiger charge is 2.46. The zero-order chi connectivity index (χ0) is 29.5. The highest BCUT2D eigenvalue weighted by Crippen LogP contribution is 2.44. The monoisotopic (exact) mass is 561 g/mol. The highest BCUT2D eigenvalue weighted by molar-refractivity contribution is 6.31. The Kier molecular flexibility index (Phi) is 8.30. The number of benzene rings is 2. The average Bonchev–Trinajstić information content (AvgIpc) is 2.94. The molecule has 40 heavy (non-hydrogen) atoms. The first kappa shape index (κ1) is 29.2. The van der Waals surface area contributed by atoms with Crippen LogP contribution in [0.4, 0.5) is 0 Å². The van der Waals surface area contributed by atoms with Crippen molar-refractivity contribution in [3.05, 3.63) is 51.1 Å². The Labute approximate surface area is 228 Å². The molecule has 216 valence electrons. The maximum Gasteiger partial charge on any atom is 0.229 e. The Balaban J connectivity index is 1.88. The van der Waals surface area contributed by atoms with Gasteiger partial charge in [-0.15, -0.1) is 0 Å². The zero-order valence-electron chi connectivity index (χ0n) is 21.9. The second-order valence-corrected chi connectivity index (χ2v) is 9.34. The summed E-state index contributed by atoms with van der Waals surface area (Å²) >= 11 is 0. The van der Waals surface area contributed by atoms with E-state index in [1.54, 1.807) is 6.92 Å². The zero-order valence-corrected chi connectivity index (χ0v) is 21.9. The molecule has 0 aromatic heterocycles. The molecule has 1 heterocycles. The van der Waals surface area contributed by atoms with Crippen molar-refractivity contribution in [2.75, 3.05) is 20.8 Å². The van der Waals surface area contributed by atoms with E-state index in [0.29, 0.717) is 5.56 Å². The van der Waals surface area contributed by atoms with Gasteiger partial charge in [-0.2, -0.15) is 0 Å². The molecular weight excluding hydrogens is 530 g/mol. The molecule has 14 nitrogen and oxygen atoms in total. The lowest BCUT2D eigenvalue weighted by Gasteiger charge is -2.40. The number of hydrogen-bond donors (Lipinski definition) is 8. The molecule has 0 amide bonds. The summed E-state index contributed by atoms with van der Waals surface area (Å²) in [4.78, 5) is 31.6. The number of fused-ring (bicyclic) bond motifs is 2. The van der Waals surface area contributed by atoms with Crippen LogP contribution in [-0.4, -0.2) is 99.6 Å². The van der Waals surface area contributed by atoms with Crippen molar-refractivity contribution in [2.45, 2.75) is 50.8 Å². The third-order valence-electron chi connectivity index (χ3n) is 7.07. The van der Waals surface area contributed by atoms with Crippen LogP contribution in [0, 0.1) is 6.92 Å². The van der Waals surface area contributed by atoms with Gasteiger partial charge in [0.05, 0.1) is 31.5 Å². The molecule has 2 aromatic carbocycles. The Morgan fingerprint density at radius 1 is 1.02 bits per heavy atom. The number of nitrogens with one attached hydrogen (secondary N) is 1.